The molecule has 3 saturated heterocycles. The quantitative estimate of drug-likeness (QED) is 0.418. The van der Waals surface area contributed by atoms with Gasteiger partial charge in [0.1, 0.15) is 6.42 Å². The number of amides is 2. The number of carbonyl (C=O) groups is 2. The Balaban J connectivity index is 0.948. The molecule has 1 unspecified atom stereocenters. The van der Waals surface area contributed by atoms with E-state index in [0.717, 1.165) is 69.6 Å². The highest BCUT2D eigenvalue weighted by molar-refractivity contribution is 5.97. The van der Waals surface area contributed by atoms with Gasteiger partial charge in [-0.15, -0.1) is 0 Å². The molecule has 12 atom stereocenters. The first-order valence-corrected chi connectivity index (χ1v) is 18.1. The second kappa shape index (κ2) is 11.3. The second-order valence-corrected chi connectivity index (χ2v) is 17.0. The molecule has 4 saturated carbocycles. The fraction of sp³-hybridized carbons (Fsp3) is 0.944. The average molecular weight is 598 g/mol. The first kappa shape index (κ1) is 30.5. The largest absolute Gasteiger partial charge is 0.353 e. The molecule has 0 aromatic rings. The van der Waals surface area contributed by atoms with Crippen LogP contribution in [0.4, 0.5) is 0 Å². The highest BCUT2D eigenvalue weighted by Crippen LogP contribution is 2.71. The monoisotopic (exact) mass is 597 g/mol. The second-order valence-electron chi connectivity index (χ2n) is 17.0. The van der Waals surface area contributed by atoms with Crippen molar-refractivity contribution >= 4 is 11.8 Å². The van der Waals surface area contributed by atoms with E-state index in [-0.39, 0.29) is 36.1 Å². The lowest BCUT2D eigenvalue weighted by atomic mass is 9.44. The maximum absolute atomic E-state index is 12.9. The van der Waals surface area contributed by atoms with Crippen molar-refractivity contribution in [3.8, 4) is 0 Å². The Hall–Kier alpha value is -1.18. The Bertz CT molecular complexity index is 1070. The van der Waals surface area contributed by atoms with Crippen LogP contribution in [-0.4, -0.2) is 67.4 Å². The van der Waals surface area contributed by atoms with E-state index in [2.05, 4.69) is 50.3 Å². The first-order valence-electron chi connectivity index (χ1n) is 18.1. The Labute approximate surface area is 260 Å². The molecule has 0 aromatic carbocycles. The van der Waals surface area contributed by atoms with Crippen LogP contribution in [0.2, 0.25) is 0 Å². The van der Waals surface area contributed by atoms with Crippen LogP contribution in [0.1, 0.15) is 111 Å². The summed E-state index contributed by atoms with van der Waals surface area (Å²) in [6.45, 7) is 12.8. The van der Waals surface area contributed by atoms with Crippen LogP contribution in [0.5, 0.6) is 0 Å². The molecule has 2 amide bonds. The Morgan fingerprint density at radius 1 is 0.814 bits per heavy atom. The molecule has 1 spiro atoms. The van der Waals surface area contributed by atoms with Crippen molar-refractivity contribution in [3.63, 3.8) is 0 Å². The highest BCUT2D eigenvalue weighted by atomic mass is 16.7. The van der Waals surface area contributed by atoms with E-state index < -0.39 is 0 Å². The van der Waals surface area contributed by atoms with Crippen LogP contribution in [-0.2, 0) is 19.1 Å². The Morgan fingerprint density at radius 2 is 1.53 bits per heavy atom. The third-order valence-corrected chi connectivity index (χ3v) is 14.7. The summed E-state index contributed by atoms with van der Waals surface area (Å²) < 4.78 is 13.5. The van der Waals surface area contributed by atoms with Crippen molar-refractivity contribution < 1.29 is 19.1 Å². The smallest absolute Gasteiger partial charge is 0.229 e. The zero-order chi connectivity index (χ0) is 30.1. The molecule has 7 nitrogen and oxygen atoms in total. The zero-order valence-electron chi connectivity index (χ0n) is 27.7. The van der Waals surface area contributed by atoms with Gasteiger partial charge in [-0.3, -0.25) is 9.59 Å². The highest BCUT2D eigenvalue weighted by Gasteiger charge is 2.69. The number of hydrogen-bond acceptors (Lipinski definition) is 5. The van der Waals surface area contributed by atoms with Crippen LogP contribution in [0.15, 0.2) is 0 Å². The summed E-state index contributed by atoms with van der Waals surface area (Å²) in [5, 5.41) is 6.39. The summed E-state index contributed by atoms with van der Waals surface area (Å²) in [6, 6.07) is 0.417. The number of fused-ring (bicyclic) bond motifs is 7. The molecular formula is C36H59N3O4. The summed E-state index contributed by atoms with van der Waals surface area (Å²) in [7, 11) is 2.12. The molecule has 0 bridgehead atoms. The lowest BCUT2D eigenvalue weighted by Gasteiger charge is -2.61. The predicted octanol–water partition coefficient (Wildman–Crippen LogP) is 5.52. The number of rotatable bonds is 4. The summed E-state index contributed by atoms with van der Waals surface area (Å²) in [6.07, 6.45) is 14.4. The number of ether oxygens (including phenoxy) is 2. The predicted molar refractivity (Wildman–Crippen MR) is 167 cm³/mol. The fourth-order valence-electron chi connectivity index (χ4n) is 12.3. The first-order chi connectivity index (χ1) is 20.5. The van der Waals surface area contributed by atoms with Gasteiger partial charge < -0.3 is 25.0 Å². The topological polar surface area (TPSA) is 79.9 Å². The summed E-state index contributed by atoms with van der Waals surface area (Å²) in [5.41, 5.74) is 0.731. The van der Waals surface area contributed by atoms with Gasteiger partial charge in [0.15, 0.2) is 5.79 Å². The minimum atomic E-state index is -0.327. The van der Waals surface area contributed by atoms with Crippen LogP contribution >= 0.6 is 0 Å². The van der Waals surface area contributed by atoms with Gasteiger partial charge >= 0.3 is 0 Å². The molecule has 0 aromatic heterocycles. The van der Waals surface area contributed by atoms with Crippen molar-refractivity contribution in [3.05, 3.63) is 0 Å². The molecule has 3 aliphatic heterocycles. The minimum absolute atomic E-state index is 0.0378. The van der Waals surface area contributed by atoms with Crippen LogP contribution in [0.3, 0.4) is 0 Å². The Kier molecular flexibility index (Phi) is 7.98. The van der Waals surface area contributed by atoms with Gasteiger partial charge in [-0.25, -0.2) is 0 Å². The molecule has 0 radical (unpaired) electrons. The number of likely N-dealkylation sites (tertiary alicyclic amines) is 1. The molecular weight excluding hydrogens is 538 g/mol. The maximum atomic E-state index is 12.9. The molecule has 2 N–H and O–H groups in total. The van der Waals surface area contributed by atoms with E-state index in [1.165, 1.54) is 44.9 Å². The van der Waals surface area contributed by atoms with Gasteiger partial charge in [-0.1, -0.05) is 27.7 Å². The SMILES string of the molecule is C[C@H]1CC[C@@]2(OC1)O[C@H]1C[C@H]3[C@@H]4CC[C@@H]5CC(NC(=O)CC(=O)NC6CCN(C)CC6)CC[C@]5(C)[C@H]4CC[C@]3(C)[C@H]1[C@@H]2C. The summed E-state index contributed by atoms with van der Waals surface area (Å²) in [5.74, 6) is 4.24. The van der Waals surface area contributed by atoms with Gasteiger partial charge in [0, 0.05) is 24.4 Å². The normalized spacial score (nSPS) is 49.9. The number of carbonyl (C=O) groups excluding carboxylic acids is 2. The molecule has 7 aliphatic rings. The number of nitrogens with zero attached hydrogens (tertiary/aromatic N) is 1. The molecule has 3 heterocycles. The van der Waals surface area contributed by atoms with Crippen LogP contribution in [0.25, 0.3) is 0 Å². The zero-order valence-corrected chi connectivity index (χ0v) is 27.7. The third kappa shape index (κ3) is 5.19. The maximum Gasteiger partial charge on any atom is 0.229 e. The van der Waals surface area contributed by atoms with E-state index in [9.17, 15) is 9.59 Å². The van der Waals surface area contributed by atoms with Crippen molar-refractivity contribution in [1.29, 1.82) is 0 Å². The van der Waals surface area contributed by atoms with Crippen molar-refractivity contribution in [2.24, 2.45) is 52.3 Å². The molecule has 4 aliphatic carbocycles. The number of nitrogens with one attached hydrogen (secondary N) is 2. The third-order valence-electron chi connectivity index (χ3n) is 14.7. The molecule has 43 heavy (non-hydrogen) atoms. The molecule has 242 valence electrons. The number of hydrogen-bond donors (Lipinski definition) is 2. The van der Waals surface area contributed by atoms with Gasteiger partial charge in [0.25, 0.3) is 0 Å². The lowest BCUT2D eigenvalue weighted by molar-refractivity contribution is -0.273. The van der Waals surface area contributed by atoms with E-state index in [0.29, 0.717) is 40.6 Å². The van der Waals surface area contributed by atoms with E-state index >= 15 is 0 Å². The van der Waals surface area contributed by atoms with Crippen molar-refractivity contribution in [2.45, 2.75) is 135 Å². The van der Waals surface area contributed by atoms with Crippen LogP contribution < -0.4 is 10.6 Å². The van der Waals surface area contributed by atoms with Gasteiger partial charge in [0.2, 0.25) is 11.8 Å². The fourth-order valence-corrected chi connectivity index (χ4v) is 12.3. The van der Waals surface area contributed by atoms with E-state index in [1.54, 1.807) is 0 Å². The van der Waals surface area contributed by atoms with E-state index in [1.807, 2.05) is 0 Å². The van der Waals surface area contributed by atoms with Crippen molar-refractivity contribution in [1.82, 2.24) is 15.5 Å². The van der Waals surface area contributed by atoms with Crippen LogP contribution in [0, 0.1) is 52.3 Å². The molecule has 7 rings (SSSR count). The molecule has 7 heteroatoms. The van der Waals surface area contributed by atoms with Gasteiger partial charge in [-0.2, -0.15) is 0 Å². The number of piperidine rings is 1. The average Bonchev–Trinajstić information content (AvgIpc) is 3.41. The van der Waals surface area contributed by atoms with Gasteiger partial charge in [0.05, 0.1) is 12.7 Å². The summed E-state index contributed by atoms with van der Waals surface area (Å²) in [4.78, 5) is 27.8. The minimum Gasteiger partial charge on any atom is -0.353 e. The Morgan fingerprint density at radius 3 is 2.26 bits per heavy atom. The van der Waals surface area contributed by atoms with Crippen molar-refractivity contribution in [2.75, 3.05) is 26.7 Å². The molecule has 7 fully saturated rings. The summed E-state index contributed by atoms with van der Waals surface area (Å²) >= 11 is 0. The standard InChI is InChI=1S/C36H59N3O4/c1-22-8-15-36(42-21-22)23(2)33-30(43-36)19-29-27-7-6-24-18-26(9-13-34(24,3)28(27)10-14-35(29,33)4)38-32(41)20-31(40)37-25-11-16-39(5)17-12-25/h22-30,33H,6-21H2,1-5H3,(H,37,40)(H,38,41)/t22-,23-,24+,26?,27+,28-,29-,30-,33-,34-,35-,36+/m0/s1. The lowest BCUT2D eigenvalue weighted by Crippen LogP contribution is -2.56. The van der Waals surface area contributed by atoms with E-state index in [4.69, 9.17) is 9.47 Å². The van der Waals surface area contributed by atoms with Gasteiger partial charge in [-0.05, 0) is 137 Å².